The van der Waals surface area contributed by atoms with Gasteiger partial charge in [0.05, 0.1) is 16.2 Å². The summed E-state index contributed by atoms with van der Waals surface area (Å²) in [5, 5.41) is 0. The van der Waals surface area contributed by atoms with Crippen LogP contribution in [-0.2, 0) is 27.1 Å². The van der Waals surface area contributed by atoms with E-state index in [9.17, 15) is 0 Å². The van der Waals surface area contributed by atoms with Gasteiger partial charge in [-0.3, -0.25) is 0 Å². The topological polar surface area (TPSA) is 3.24 Å². The predicted octanol–water partition coefficient (Wildman–Crippen LogP) is 21.3. The van der Waals surface area contributed by atoms with E-state index in [1.807, 2.05) is 11.8 Å². The summed E-state index contributed by atoms with van der Waals surface area (Å²) in [6.45, 7) is 14.1. The van der Waals surface area contributed by atoms with Gasteiger partial charge in [-0.25, -0.2) is 0 Å². The lowest BCUT2D eigenvalue weighted by molar-refractivity contribution is 0.581. The van der Waals surface area contributed by atoms with E-state index < -0.39 is 16.2 Å². The molecule has 2 heteroatoms. The molecule has 0 saturated carbocycles. The summed E-state index contributed by atoms with van der Waals surface area (Å²) in [5.41, 5.74) is 30.2. The van der Waals surface area contributed by atoms with Crippen LogP contribution in [0.5, 0.6) is 0 Å². The second-order valence-corrected chi connectivity index (χ2v) is 27.3. The number of nitrogens with zero attached hydrogens (tertiary/aromatic N) is 1. The smallest absolute Gasteiger partial charge is 0.0736 e. The average molecular weight is 1110 g/mol. The van der Waals surface area contributed by atoms with Crippen molar-refractivity contribution in [1.82, 2.24) is 0 Å². The van der Waals surface area contributed by atoms with Crippen LogP contribution in [0.1, 0.15) is 119 Å². The Morgan fingerprint density at radius 1 is 0.247 bits per heavy atom. The second-order valence-electron chi connectivity index (χ2n) is 26.3. The zero-order valence-electron chi connectivity index (χ0n) is 48.8. The summed E-state index contributed by atoms with van der Waals surface area (Å²) in [4.78, 5) is 5.23. The molecule has 1 heterocycles. The molecule has 0 saturated heterocycles. The minimum absolute atomic E-state index is 0.0685. The first-order chi connectivity index (χ1) is 41.4. The molecule has 1 aliphatic heterocycles. The molecule has 5 aliphatic rings. The molecule has 0 bridgehead atoms. The van der Waals surface area contributed by atoms with Gasteiger partial charge in [0.1, 0.15) is 0 Å². The number of hydrogen-bond acceptors (Lipinski definition) is 2. The van der Waals surface area contributed by atoms with Crippen molar-refractivity contribution in [1.29, 1.82) is 0 Å². The zero-order valence-corrected chi connectivity index (χ0v) is 49.7. The lowest BCUT2D eigenvalue weighted by Crippen LogP contribution is -2.33. The van der Waals surface area contributed by atoms with Crippen molar-refractivity contribution < 1.29 is 0 Å². The van der Waals surface area contributed by atoms with Crippen molar-refractivity contribution in [2.24, 2.45) is 0 Å². The van der Waals surface area contributed by atoms with E-state index in [0.717, 1.165) is 17.1 Å². The van der Waals surface area contributed by atoms with Crippen LogP contribution in [0.25, 0.3) is 44.5 Å². The Balaban J connectivity index is 0.981. The van der Waals surface area contributed by atoms with Gasteiger partial charge >= 0.3 is 0 Å². The Labute approximate surface area is 504 Å². The number of rotatable bonds is 5. The van der Waals surface area contributed by atoms with E-state index in [1.165, 1.54) is 132 Å². The molecule has 0 atom stereocenters. The highest BCUT2D eigenvalue weighted by atomic mass is 32.2. The van der Waals surface area contributed by atoms with E-state index in [1.54, 1.807) is 0 Å². The Bertz CT molecular complexity index is 4510. The first-order valence-electron chi connectivity index (χ1n) is 30.2. The van der Waals surface area contributed by atoms with Gasteiger partial charge in [0.25, 0.3) is 0 Å². The standard InChI is InChI=1S/C83H63NS/c1-79(2,3)54-37-45-77-75(47-54)83(76-48-55(80(4,5)6)38-46-78(76)85-77)71-36-22-17-31-63(71)66-44-41-58(51-74(66)83)84(56-39-42-64-61-29-13-18-32-67(61)81(72(64)49-56,52-23-9-7-10-24-52)53-25-11-8-12-26-53)57-40-43-65-62-30-16-21-35-70(62)82(73(65)50-57)68-33-19-14-27-59(68)60-28-15-20-34-69(60)82/h7-51H,1-6H3. The fraction of sp³-hybridized carbons (Fsp3) is 0.133. The van der Waals surface area contributed by atoms with E-state index in [-0.39, 0.29) is 10.8 Å². The van der Waals surface area contributed by atoms with Crippen LogP contribution in [0, 0.1) is 0 Å². The molecule has 0 fully saturated rings. The zero-order chi connectivity index (χ0) is 57.2. The molecule has 1 nitrogen and oxygen atoms in total. The molecular formula is C83H63NS. The van der Waals surface area contributed by atoms with E-state index >= 15 is 0 Å². The van der Waals surface area contributed by atoms with E-state index in [4.69, 9.17) is 0 Å². The van der Waals surface area contributed by atoms with E-state index in [0.29, 0.717) is 0 Å². The molecule has 2 spiro atoms. The maximum absolute atomic E-state index is 2.61. The predicted molar refractivity (Wildman–Crippen MR) is 354 cm³/mol. The lowest BCUT2D eigenvalue weighted by Gasteiger charge is -2.41. The highest BCUT2D eigenvalue weighted by molar-refractivity contribution is 7.99. The maximum atomic E-state index is 2.61. The first-order valence-corrected chi connectivity index (χ1v) is 31.0. The summed E-state index contributed by atoms with van der Waals surface area (Å²) >= 11 is 1.93. The molecule has 17 rings (SSSR count). The fourth-order valence-corrected chi connectivity index (χ4v) is 17.4. The Hall–Kier alpha value is -9.21. The summed E-state index contributed by atoms with van der Waals surface area (Å²) in [5.74, 6) is 0. The third-order valence-corrected chi connectivity index (χ3v) is 21.1. The van der Waals surface area contributed by atoms with Crippen LogP contribution in [0.3, 0.4) is 0 Å². The summed E-state index contributed by atoms with van der Waals surface area (Å²) < 4.78 is 0. The van der Waals surface area contributed by atoms with Crippen LogP contribution in [0.4, 0.5) is 17.1 Å². The third-order valence-electron chi connectivity index (χ3n) is 19.9. The van der Waals surface area contributed by atoms with E-state index in [2.05, 4.69) is 319 Å². The molecule has 4 aliphatic carbocycles. The Morgan fingerprint density at radius 2 is 0.529 bits per heavy atom. The quantitative estimate of drug-likeness (QED) is 0.169. The van der Waals surface area contributed by atoms with Crippen molar-refractivity contribution in [2.45, 2.75) is 78.4 Å². The van der Waals surface area contributed by atoms with Crippen LogP contribution >= 0.6 is 11.8 Å². The van der Waals surface area contributed by atoms with Gasteiger partial charge < -0.3 is 4.90 Å². The van der Waals surface area contributed by atoms with Crippen molar-refractivity contribution >= 4 is 28.8 Å². The number of anilines is 3. The van der Waals surface area contributed by atoms with Gasteiger partial charge in [-0.05, 0) is 182 Å². The Morgan fingerprint density at radius 3 is 0.871 bits per heavy atom. The molecule has 0 N–H and O–H groups in total. The van der Waals surface area contributed by atoms with Gasteiger partial charge in [0.15, 0.2) is 0 Å². The SMILES string of the molecule is CC(C)(C)c1ccc2c(c1)C1(c3cc(C(C)(C)C)ccc3S2)c2ccccc2-c2ccc(N(c3ccc4c(c3)C(c3ccccc3)(c3ccccc3)c3ccccc3-4)c3ccc4c(c3)C3(c5ccccc5-c5ccccc53)c3ccccc3-4)cc21. The monoisotopic (exact) mass is 1110 g/mol. The average Bonchev–Trinajstić information content (AvgIpc) is 1.58. The van der Waals surface area contributed by atoms with Gasteiger partial charge in [-0.2, -0.15) is 0 Å². The molecule has 0 amide bonds. The first kappa shape index (κ1) is 50.3. The highest BCUT2D eigenvalue weighted by Crippen LogP contribution is 2.66. The molecule has 85 heavy (non-hydrogen) atoms. The van der Waals surface area contributed by atoms with Crippen LogP contribution in [0.2, 0.25) is 0 Å². The maximum Gasteiger partial charge on any atom is 0.0736 e. The van der Waals surface area contributed by atoms with Crippen LogP contribution in [0.15, 0.2) is 283 Å². The van der Waals surface area contributed by atoms with Gasteiger partial charge in [0, 0.05) is 26.9 Å². The Kier molecular flexibility index (Phi) is 10.6. The third kappa shape index (κ3) is 6.72. The summed E-state index contributed by atoms with van der Waals surface area (Å²) in [6.07, 6.45) is 0. The molecular weight excluding hydrogens is 1040 g/mol. The molecule has 12 aromatic carbocycles. The largest absolute Gasteiger partial charge is 0.310 e. The highest BCUT2D eigenvalue weighted by Gasteiger charge is 2.54. The minimum Gasteiger partial charge on any atom is -0.310 e. The van der Waals surface area contributed by atoms with Gasteiger partial charge in [-0.1, -0.05) is 278 Å². The second kappa shape index (κ2) is 17.9. The van der Waals surface area contributed by atoms with Crippen molar-refractivity contribution in [2.75, 3.05) is 4.90 Å². The number of benzene rings is 12. The van der Waals surface area contributed by atoms with Crippen molar-refractivity contribution in [3.63, 3.8) is 0 Å². The van der Waals surface area contributed by atoms with Crippen molar-refractivity contribution in [3.8, 4) is 44.5 Å². The normalized spacial score (nSPS) is 15.2. The molecule has 406 valence electrons. The van der Waals surface area contributed by atoms with Gasteiger partial charge in [0.2, 0.25) is 0 Å². The molecule has 0 unspecified atom stereocenters. The molecule has 0 radical (unpaired) electrons. The lowest BCUT2D eigenvalue weighted by atomic mass is 9.65. The molecule has 12 aromatic rings. The summed E-state index contributed by atoms with van der Waals surface area (Å²) in [7, 11) is 0. The minimum atomic E-state index is -0.623. The summed E-state index contributed by atoms with van der Waals surface area (Å²) in [6, 6.07) is 106. The van der Waals surface area contributed by atoms with Crippen molar-refractivity contribution in [3.05, 3.63) is 351 Å². The van der Waals surface area contributed by atoms with Crippen LogP contribution < -0.4 is 4.90 Å². The van der Waals surface area contributed by atoms with Gasteiger partial charge in [-0.15, -0.1) is 0 Å². The number of hydrogen-bond donors (Lipinski definition) is 0. The number of fused-ring (bicyclic) bond motifs is 22. The van der Waals surface area contributed by atoms with Crippen LogP contribution in [-0.4, -0.2) is 0 Å². The molecule has 0 aromatic heterocycles. The fourth-order valence-electron chi connectivity index (χ4n) is 16.2.